The Morgan fingerprint density at radius 1 is 0.936 bits per heavy atom. The third kappa shape index (κ3) is 5.88. The van der Waals surface area contributed by atoms with E-state index in [0.29, 0.717) is 31.2 Å². The van der Waals surface area contributed by atoms with E-state index in [9.17, 15) is 13.2 Å². The monoisotopic (exact) mass is 693 g/mol. The number of hydrogen-bond acceptors (Lipinski definition) is 5. The van der Waals surface area contributed by atoms with Gasteiger partial charge in [-0.3, -0.25) is 9.69 Å². The first-order valence-electron chi connectivity index (χ1n) is 16.6. The number of benzene rings is 3. The van der Waals surface area contributed by atoms with E-state index in [0.717, 1.165) is 50.0 Å². The summed E-state index contributed by atoms with van der Waals surface area (Å²) in [4.78, 5) is 23.1. The molecule has 4 heterocycles. The van der Waals surface area contributed by atoms with Crippen LogP contribution in [-0.4, -0.2) is 72.4 Å². The van der Waals surface area contributed by atoms with Crippen LogP contribution in [0.1, 0.15) is 72.7 Å². The minimum absolute atomic E-state index is 0.0391. The van der Waals surface area contributed by atoms with Gasteiger partial charge in [0.2, 0.25) is 10.0 Å². The molecule has 1 aromatic heterocycles. The van der Waals surface area contributed by atoms with Gasteiger partial charge in [-0.15, -0.1) is 0 Å². The van der Waals surface area contributed by atoms with Crippen molar-refractivity contribution in [3.05, 3.63) is 93.7 Å². The maximum atomic E-state index is 13.8. The number of fused-ring (bicyclic) bond motifs is 3. The number of carbonyl (C=O) groups is 1. The fourth-order valence-electron chi connectivity index (χ4n) is 8.61. The first kappa shape index (κ1) is 32.6. The van der Waals surface area contributed by atoms with Crippen LogP contribution in [0.5, 0.6) is 0 Å². The van der Waals surface area contributed by atoms with Gasteiger partial charge in [-0.05, 0) is 101 Å². The number of nitrogens with one attached hydrogen (secondary N) is 1. The number of piperidine rings is 2. The lowest BCUT2D eigenvalue weighted by molar-refractivity contribution is 0.0607. The van der Waals surface area contributed by atoms with Crippen LogP contribution in [0.4, 0.5) is 0 Å². The van der Waals surface area contributed by atoms with E-state index in [2.05, 4.69) is 75.7 Å². The van der Waals surface area contributed by atoms with Crippen molar-refractivity contribution in [3.63, 3.8) is 0 Å². The quantitative estimate of drug-likeness (QED) is 0.215. The first-order chi connectivity index (χ1) is 22.6. The Morgan fingerprint density at radius 3 is 2.28 bits per heavy atom. The van der Waals surface area contributed by atoms with Crippen molar-refractivity contribution in [3.8, 4) is 0 Å². The Morgan fingerprint density at radius 2 is 1.60 bits per heavy atom. The largest absolute Gasteiger partial charge is 0.338 e. The summed E-state index contributed by atoms with van der Waals surface area (Å²) in [7, 11) is -2.55. The highest BCUT2D eigenvalue weighted by Gasteiger charge is 2.44. The van der Waals surface area contributed by atoms with E-state index < -0.39 is 10.0 Å². The predicted molar refractivity (Wildman–Crippen MR) is 187 cm³/mol. The number of carbonyl (C=O) groups excluding carboxylic acids is 1. The van der Waals surface area contributed by atoms with Crippen molar-refractivity contribution >= 4 is 50.2 Å². The number of halogens is 2. The molecule has 3 aliphatic heterocycles. The average Bonchev–Trinajstić information content (AvgIpc) is 3.54. The first-order valence-corrected chi connectivity index (χ1v) is 18.8. The number of sulfonamides is 1. The number of likely N-dealkylation sites (tertiary alicyclic amines) is 1. The van der Waals surface area contributed by atoms with Gasteiger partial charge < -0.3 is 9.47 Å². The highest BCUT2D eigenvalue weighted by molar-refractivity contribution is 7.89. The smallest absolute Gasteiger partial charge is 0.256 e. The maximum absolute atomic E-state index is 13.8. The molecule has 0 spiro atoms. The van der Waals surface area contributed by atoms with E-state index >= 15 is 0 Å². The van der Waals surface area contributed by atoms with Crippen LogP contribution >= 0.6 is 23.2 Å². The lowest BCUT2D eigenvalue weighted by atomic mass is 9.70. The number of aryl methyl sites for hydroxylation is 1. The molecule has 7 rings (SSSR count). The number of aromatic nitrogens is 2. The predicted octanol–water partition coefficient (Wildman–Crippen LogP) is 6.99. The second-order valence-corrected chi connectivity index (χ2v) is 16.0. The molecule has 2 bridgehead atoms. The van der Waals surface area contributed by atoms with Crippen molar-refractivity contribution in [2.24, 2.45) is 0 Å². The molecule has 1 unspecified atom stereocenters. The molecule has 248 valence electrons. The van der Waals surface area contributed by atoms with Gasteiger partial charge in [-0.1, -0.05) is 65.7 Å². The molecule has 0 aliphatic carbocycles. The molecule has 47 heavy (non-hydrogen) atoms. The van der Waals surface area contributed by atoms with Crippen molar-refractivity contribution in [2.45, 2.75) is 80.3 Å². The molecule has 3 aromatic carbocycles. The lowest BCUT2D eigenvalue weighted by Gasteiger charge is -2.45. The number of rotatable bonds is 8. The molecule has 8 nitrogen and oxygen atoms in total. The van der Waals surface area contributed by atoms with Gasteiger partial charge in [0, 0.05) is 31.2 Å². The van der Waals surface area contributed by atoms with Crippen LogP contribution in [0.3, 0.4) is 0 Å². The summed E-state index contributed by atoms with van der Waals surface area (Å²) < 4.78 is 29.9. The topological polar surface area (TPSA) is 87.5 Å². The van der Waals surface area contributed by atoms with E-state index in [1.54, 1.807) is 4.90 Å². The molecule has 4 aromatic rings. The van der Waals surface area contributed by atoms with E-state index in [-0.39, 0.29) is 31.8 Å². The highest BCUT2D eigenvalue weighted by Crippen LogP contribution is 2.45. The molecule has 1 N–H and O–H groups in total. The third-order valence-electron chi connectivity index (χ3n) is 11.1. The number of nitrogens with zero attached hydrogens (tertiary/aromatic N) is 4. The Balaban J connectivity index is 1.08. The van der Waals surface area contributed by atoms with Crippen LogP contribution in [0.15, 0.2) is 71.6 Å². The summed E-state index contributed by atoms with van der Waals surface area (Å²) in [6.45, 7) is 4.23. The molecule has 0 radical (unpaired) electrons. The van der Waals surface area contributed by atoms with Crippen molar-refractivity contribution in [1.82, 2.24) is 24.1 Å². The molecule has 1 amide bonds. The molecular weight excluding hydrogens is 653 g/mol. The van der Waals surface area contributed by atoms with Crippen LogP contribution in [0.2, 0.25) is 10.0 Å². The van der Waals surface area contributed by atoms with Crippen molar-refractivity contribution < 1.29 is 13.2 Å². The van der Waals surface area contributed by atoms with Crippen molar-refractivity contribution in [1.29, 1.82) is 0 Å². The zero-order valence-electron chi connectivity index (χ0n) is 26.8. The normalized spacial score (nSPS) is 23.0. The molecule has 11 heteroatoms. The third-order valence-corrected chi connectivity index (χ3v) is 13.3. The van der Waals surface area contributed by atoms with Gasteiger partial charge in [0.15, 0.2) is 0 Å². The lowest BCUT2D eigenvalue weighted by Crippen LogP contribution is -2.49. The van der Waals surface area contributed by atoms with E-state index in [1.807, 2.05) is 0 Å². The summed E-state index contributed by atoms with van der Waals surface area (Å²) in [6, 6.07) is 23.5. The Bertz CT molecular complexity index is 1890. The summed E-state index contributed by atoms with van der Waals surface area (Å²) in [5, 5.41) is 0.00206. The Hall–Kier alpha value is -2.95. The van der Waals surface area contributed by atoms with Gasteiger partial charge in [-0.25, -0.2) is 18.1 Å². The van der Waals surface area contributed by atoms with Gasteiger partial charge >= 0.3 is 0 Å². The van der Waals surface area contributed by atoms with Crippen LogP contribution in [0.25, 0.3) is 11.0 Å². The number of imidazole rings is 1. The van der Waals surface area contributed by atoms with Gasteiger partial charge in [-0.2, -0.15) is 0 Å². The Kier molecular flexibility index (Phi) is 8.89. The molecule has 3 aliphatic rings. The SMILES string of the molecule is CNS(=O)(=O)c1ccc(Cl)c(C(=O)N2CCC(CCN3[C@@H]4CC[C@H]3CC(n3c(C)nc5ccccc53)C4)(c3ccccc3)CC2)c1Cl. The standard InChI is InChI=1S/C36H41Cl2N5O3S/c1-24-40-30-10-6-7-11-31(30)43(24)28-22-26-12-13-27(23-28)42(26)21-18-36(25-8-4-3-5-9-25)16-19-41(20-17-36)35(44)33-29(37)14-15-32(34(33)38)47(45,46)39-2/h3-11,14-15,26-28,39H,12-13,16-23H2,1-2H3/t26-,27+,28?. The van der Waals surface area contributed by atoms with E-state index in [1.165, 1.54) is 43.1 Å². The summed E-state index contributed by atoms with van der Waals surface area (Å²) in [5.41, 5.74) is 3.60. The Labute approximate surface area is 287 Å². The fourth-order valence-corrected chi connectivity index (χ4v) is 10.3. The zero-order valence-corrected chi connectivity index (χ0v) is 29.2. The van der Waals surface area contributed by atoms with Crippen LogP contribution in [-0.2, 0) is 15.4 Å². The zero-order chi connectivity index (χ0) is 32.9. The molecule has 0 saturated carbocycles. The summed E-state index contributed by atoms with van der Waals surface area (Å²) in [5.74, 6) is 0.767. The number of amides is 1. The second-order valence-electron chi connectivity index (χ2n) is 13.4. The summed E-state index contributed by atoms with van der Waals surface area (Å²) >= 11 is 13.0. The van der Waals surface area contributed by atoms with Crippen LogP contribution in [0, 0.1) is 6.92 Å². The van der Waals surface area contributed by atoms with Gasteiger partial charge in [0.25, 0.3) is 5.91 Å². The van der Waals surface area contributed by atoms with Crippen molar-refractivity contribution in [2.75, 3.05) is 26.7 Å². The maximum Gasteiger partial charge on any atom is 0.256 e. The average molecular weight is 695 g/mol. The van der Waals surface area contributed by atoms with Gasteiger partial charge in [0.1, 0.15) is 10.7 Å². The van der Waals surface area contributed by atoms with Gasteiger partial charge in [0.05, 0.1) is 26.6 Å². The minimum Gasteiger partial charge on any atom is -0.338 e. The molecule has 3 fully saturated rings. The highest BCUT2D eigenvalue weighted by atomic mass is 35.5. The summed E-state index contributed by atoms with van der Waals surface area (Å²) in [6.07, 6.45) is 7.37. The molecule has 3 saturated heterocycles. The number of hydrogen-bond donors (Lipinski definition) is 1. The van der Waals surface area contributed by atoms with Crippen LogP contribution < -0.4 is 4.72 Å². The molecule has 3 atom stereocenters. The number of para-hydroxylation sites is 2. The minimum atomic E-state index is -3.86. The second kappa shape index (κ2) is 12.8. The molecular formula is C36H41Cl2N5O3S. The van der Waals surface area contributed by atoms with E-state index in [4.69, 9.17) is 28.2 Å². The fraction of sp³-hybridized carbons (Fsp3) is 0.444.